The van der Waals surface area contributed by atoms with Gasteiger partial charge in [-0.2, -0.15) is 18.6 Å². The highest BCUT2D eigenvalue weighted by Gasteiger charge is 2.22. The second-order valence-electron chi connectivity index (χ2n) is 6.83. The van der Waals surface area contributed by atoms with Crippen LogP contribution in [-0.2, 0) is 14.9 Å². The van der Waals surface area contributed by atoms with Gasteiger partial charge in [-0.25, -0.2) is 4.79 Å². The van der Waals surface area contributed by atoms with Gasteiger partial charge in [0, 0.05) is 0 Å². The summed E-state index contributed by atoms with van der Waals surface area (Å²) >= 11 is 0. The zero-order chi connectivity index (χ0) is 24.2. The molecular formula is C21H20N6O5S. The molecule has 0 spiro atoms. The predicted molar refractivity (Wildman–Crippen MR) is 122 cm³/mol. The number of rotatable bonds is 6. The molecule has 0 aliphatic rings. The summed E-state index contributed by atoms with van der Waals surface area (Å²) in [6.07, 6.45) is 0. The molecule has 0 aliphatic heterocycles. The van der Waals surface area contributed by atoms with E-state index in [4.69, 9.17) is 11.5 Å². The molecule has 0 saturated carbocycles. The smallest absolute Gasteiger partial charge is 0.337 e. The third-order valence-corrected chi connectivity index (χ3v) is 5.30. The molecule has 3 aromatic carbocycles. The summed E-state index contributed by atoms with van der Waals surface area (Å²) in [6, 6.07) is 14.1. The Morgan fingerprint density at radius 1 is 0.909 bits per heavy atom. The Balaban J connectivity index is 2.09. The molecule has 3 aromatic rings. The topological polar surface area (TPSA) is 182 Å². The van der Waals surface area contributed by atoms with E-state index in [-0.39, 0.29) is 28.3 Å². The first kappa shape index (κ1) is 23.5. The van der Waals surface area contributed by atoms with Crippen molar-refractivity contribution in [3.63, 3.8) is 0 Å². The summed E-state index contributed by atoms with van der Waals surface area (Å²) in [4.78, 5) is 11.0. The maximum atomic E-state index is 11.9. The Kier molecular flexibility index (Phi) is 6.80. The molecule has 11 nitrogen and oxygen atoms in total. The number of benzene rings is 3. The average molecular weight is 468 g/mol. The van der Waals surface area contributed by atoms with Crippen LogP contribution in [0.2, 0.25) is 0 Å². The number of nitrogen functional groups attached to an aromatic ring is 2. The van der Waals surface area contributed by atoms with Crippen LogP contribution >= 0.6 is 0 Å². The van der Waals surface area contributed by atoms with Gasteiger partial charge >= 0.3 is 5.97 Å². The van der Waals surface area contributed by atoms with Crippen LogP contribution < -0.4 is 11.5 Å². The van der Waals surface area contributed by atoms with E-state index in [1.165, 1.54) is 19.2 Å². The third kappa shape index (κ3) is 5.56. The van der Waals surface area contributed by atoms with Crippen molar-refractivity contribution in [3.8, 4) is 0 Å². The molecule has 0 radical (unpaired) electrons. The molecule has 0 heterocycles. The molecule has 0 amide bonds. The Morgan fingerprint density at radius 2 is 1.55 bits per heavy atom. The fraction of sp³-hybridized carbons (Fsp3) is 0.0952. The first-order valence-corrected chi connectivity index (χ1v) is 10.8. The molecule has 0 aromatic heterocycles. The number of esters is 1. The van der Waals surface area contributed by atoms with Gasteiger partial charge in [0.25, 0.3) is 10.1 Å². The summed E-state index contributed by atoms with van der Waals surface area (Å²) in [5.41, 5.74) is 13.1. The van der Waals surface area contributed by atoms with Crippen molar-refractivity contribution >= 4 is 50.2 Å². The molecule has 0 unspecified atom stereocenters. The molecular weight excluding hydrogens is 448 g/mol. The number of nitrogens with zero attached hydrogens (tertiary/aromatic N) is 4. The Hall–Kier alpha value is -4.16. The van der Waals surface area contributed by atoms with Gasteiger partial charge in [-0.15, -0.1) is 10.2 Å². The monoisotopic (exact) mass is 468 g/mol. The normalized spacial score (nSPS) is 11.8. The number of carbonyl (C=O) groups excluding carboxylic acids is 1. The molecule has 0 aliphatic carbocycles. The molecule has 0 bridgehead atoms. The lowest BCUT2D eigenvalue weighted by molar-refractivity contribution is 0.0600. The lowest BCUT2D eigenvalue weighted by Crippen LogP contribution is -2.05. The van der Waals surface area contributed by atoms with Crippen molar-refractivity contribution in [2.75, 3.05) is 18.6 Å². The van der Waals surface area contributed by atoms with Gasteiger partial charge in [-0.05, 0) is 48.9 Å². The molecule has 0 atom stereocenters. The predicted octanol–water partition coefficient (Wildman–Crippen LogP) is 5.02. The van der Waals surface area contributed by atoms with Crippen molar-refractivity contribution in [3.05, 3.63) is 65.7 Å². The number of hydrogen-bond acceptors (Lipinski definition) is 10. The zero-order valence-electron chi connectivity index (χ0n) is 17.6. The van der Waals surface area contributed by atoms with E-state index in [1.807, 2.05) is 13.0 Å². The Labute approximate surface area is 189 Å². The van der Waals surface area contributed by atoms with Gasteiger partial charge in [0.05, 0.1) is 35.4 Å². The number of ether oxygens (including phenoxy) is 1. The summed E-state index contributed by atoms with van der Waals surface area (Å²) in [7, 11) is -3.49. The van der Waals surface area contributed by atoms with Crippen LogP contribution in [0.1, 0.15) is 15.9 Å². The van der Waals surface area contributed by atoms with Gasteiger partial charge < -0.3 is 16.2 Å². The largest absolute Gasteiger partial charge is 0.465 e. The van der Waals surface area contributed by atoms with Crippen LogP contribution in [-0.4, -0.2) is 26.0 Å². The standard InChI is InChI=1S/C21H20N6O5S/c1-12-5-3-7-14(9-12)25-27-20-18(22)16(11-17(19(20)23)33(29,30)31)26-24-15-8-4-6-13(10-15)21(28)32-2/h3-11H,22-23H2,1-2H3,(H,29,30,31). The van der Waals surface area contributed by atoms with Gasteiger partial charge in [-0.1, -0.05) is 18.2 Å². The first-order chi connectivity index (χ1) is 15.6. The van der Waals surface area contributed by atoms with E-state index in [0.717, 1.165) is 11.6 Å². The fourth-order valence-electron chi connectivity index (χ4n) is 2.79. The number of methoxy groups -OCH3 is 1. The van der Waals surface area contributed by atoms with E-state index >= 15 is 0 Å². The van der Waals surface area contributed by atoms with Gasteiger partial charge in [0.2, 0.25) is 0 Å². The van der Waals surface area contributed by atoms with Gasteiger partial charge in [0.15, 0.2) is 0 Å². The van der Waals surface area contributed by atoms with E-state index in [9.17, 15) is 17.8 Å². The van der Waals surface area contributed by atoms with Crippen LogP contribution in [0.15, 0.2) is 79.9 Å². The van der Waals surface area contributed by atoms with Crippen molar-refractivity contribution in [2.45, 2.75) is 11.8 Å². The molecule has 170 valence electrons. The van der Waals surface area contributed by atoms with Gasteiger partial charge in [0.1, 0.15) is 16.3 Å². The fourth-order valence-corrected chi connectivity index (χ4v) is 3.42. The van der Waals surface area contributed by atoms with Crippen molar-refractivity contribution < 1.29 is 22.5 Å². The summed E-state index contributed by atoms with van der Waals surface area (Å²) in [5, 5.41) is 16.0. The number of aryl methyl sites for hydroxylation is 1. The minimum atomic E-state index is -4.73. The highest BCUT2D eigenvalue weighted by molar-refractivity contribution is 7.86. The van der Waals surface area contributed by atoms with E-state index in [2.05, 4.69) is 25.2 Å². The quantitative estimate of drug-likeness (QED) is 0.196. The highest BCUT2D eigenvalue weighted by atomic mass is 32.2. The van der Waals surface area contributed by atoms with E-state index < -0.39 is 26.7 Å². The Bertz CT molecular complexity index is 1390. The van der Waals surface area contributed by atoms with Crippen molar-refractivity contribution in [1.29, 1.82) is 0 Å². The maximum Gasteiger partial charge on any atom is 0.337 e. The molecule has 12 heteroatoms. The lowest BCUT2D eigenvalue weighted by Gasteiger charge is -2.10. The molecule has 5 N–H and O–H groups in total. The average Bonchev–Trinajstić information content (AvgIpc) is 2.77. The minimum absolute atomic E-state index is 0.107. The number of azo groups is 2. The molecule has 33 heavy (non-hydrogen) atoms. The molecule has 3 rings (SSSR count). The number of anilines is 2. The second kappa shape index (κ2) is 9.54. The lowest BCUT2D eigenvalue weighted by atomic mass is 10.2. The third-order valence-electron chi connectivity index (χ3n) is 4.40. The van der Waals surface area contributed by atoms with Crippen molar-refractivity contribution in [2.24, 2.45) is 20.5 Å². The summed E-state index contributed by atoms with van der Waals surface area (Å²) in [6.45, 7) is 1.87. The Morgan fingerprint density at radius 3 is 2.18 bits per heavy atom. The second-order valence-corrected chi connectivity index (χ2v) is 8.22. The number of carbonyl (C=O) groups is 1. The SMILES string of the molecule is COC(=O)c1cccc(N=Nc2cc(S(=O)(=O)O)c(N)c(N=Nc3cccc(C)c3)c2N)c1. The van der Waals surface area contributed by atoms with Crippen LogP contribution in [0.3, 0.4) is 0 Å². The highest BCUT2D eigenvalue weighted by Crippen LogP contribution is 2.43. The minimum Gasteiger partial charge on any atom is -0.465 e. The van der Waals surface area contributed by atoms with E-state index in [1.54, 1.807) is 30.3 Å². The number of nitrogens with two attached hydrogens (primary N) is 2. The van der Waals surface area contributed by atoms with E-state index in [0.29, 0.717) is 5.69 Å². The number of hydrogen-bond donors (Lipinski definition) is 3. The van der Waals surface area contributed by atoms with Crippen LogP contribution in [0.5, 0.6) is 0 Å². The summed E-state index contributed by atoms with van der Waals surface area (Å²) < 4.78 is 38.0. The van der Waals surface area contributed by atoms with Crippen LogP contribution in [0.4, 0.5) is 34.1 Å². The first-order valence-electron chi connectivity index (χ1n) is 9.38. The van der Waals surface area contributed by atoms with Crippen LogP contribution in [0, 0.1) is 6.92 Å². The van der Waals surface area contributed by atoms with Gasteiger partial charge in [-0.3, -0.25) is 4.55 Å². The molecule has 0 saturated heterocycles. The maximum absolute atomic E-state index is 11.9. The molecule has 0 fully saturated rings. The summed E-state index contributed by atoms with van der Waals surface area (Å²) in [5.74, 6) is -0.563. The van der Waals surface area contributed by atoms with Crippen molar-refractivity contribution in [1.82, 2.24) is 0 Å². The van der Waals surface area contributed by atoms with Crippen LogP contribution in [0.25, 0.3) is 0 Å². The zero-order valence-corrected chi connectivity index (χ0v) is 18.4.